The summed E-state index contributed by atoms with van der Waals surface area (Å²) in [5.41, 5.74) is 6.56. The Kier molecular flexibility index (Phi) is 4.48. The molecule has 7 aromatic rings. The number of aryl methyl sites for hydroxylation is 2. The van der Waals surface area contributed by atoms with Crippen LogP contribution in [0.4, 0.5) is 0 Å². The van der Waals surface area contributed by atoms with E-state index in [0.717, 1.165) is 35.1 Å². The van der Waals surface area contributed by atoms with E-state index in [-0.39, 0.29) is 5.56 Å². The van der Waals surface area contributed by atoms with Crippen LogP contribution in [0.1, 0.15) is 20.3 Å². The first-order chi connectivity index (χ1) is 17.7. The van der Waals surface area contributed by atoms with Gasteiger partial charge in [-0.2, -0.15) is 0 Å². The number of hydrogen-bond acceptors (Lipinski definition) is 4. The average molecular weight is 473 g/mol. The molecule has 0 spiro atoms. The van der Waals surface area contributed by atoms with Crippen molar-refractivity contribution in [1.82, 2.24) is 28.7 Å². The normalized spacial score (nSPS) is 12.1. The van der Waals surface area contributed by atoms with Crippen molar-refractivity contribution in [2.24, 2.45) is 0 Å². The molecule has 4 heterocycles. The summed E-state index contributed by atoms with van der Waals surface area (Å²) >= 11 is 0. The van der Waals surface area contributed by atoms with Crippen LogP contribution < -0.4 is 5.56 Å². The van der Waals surface area contributed by atoms with Gasteiger partial charge in [0.15, 0.2) is 11.3 Å². The van der Waals surface area contributed by atoms with E-state index in [9.17, 15) is 4.79 Å². The number of hydrogen-bond donors (Lipinski definition) is 0. The highest BCUT2D eigenvalue weighted by Gasteiger charge is 2.21. The summed E-state index contributed by atoms with van der Waals surface area (Å²) in [5.74, 6) is 0. The molecule has 0 unspecified atom stereocenters. The second kappa shape index (κ2) is 7.75. The monoisotopic (exact) mass is 472 g/mol. The van der Waals surface area contributed by atoms with Crippen molar-refractivity contribution >= 4 is 55.0 Å². The molecule has 0 aliphatic rings. The second-order valence-corrected chi connectivity index (χ2v) is 9.12. The predicted molar refractivity (Wildman–Crippen MR) is 145 cm³/mol. The van der Waals surface area contributed by atoms with Gasteiger partial charge in [0.1, 0.15) is 10.9 Å². The van der Waals surface area contributed by atoms with Crippen LogP contribution in [0, 0.1) is 0 Å². The standard InChI is InChI=1S/C29H24N6O/c1-3-15-33-17-30-27-25(29(33)36)26-28(32-22-11-7-6-10-21(22)31-26)35(27)18-13-14-24-20(16-18)19-9-5-8-12-23(19)34(24)4-2/h5-14,16-17H,3-4,15H2,1-2H3. The lowest BCUT2D eigenvalue weighted by Gasteiger charge is -2.09. The molecule has 0 N–H and O–H groups in total. The minimum atomic E-state index is -0.0844. The first-order valence-corrected chi connectivity index (χ1v) is 12.4. The minimum absolute atomic E-state index is 0.0844. The lowest BCUT2D eigenvalue weighted by Crippen LogP contribution is -2.20. The van der Waals surface area contributed by atoms with E-state index in [4.69, 9.17) is 15.0 Å². The Balaban J connectivity index is 1.63. The first-order valence-electron chi connectivity index (χ1n) is 12.4. The van der Waals surface area contributed by atoms with Gasteiger partial charge in [0, 0.05) is 40.6 Å². The summed E-state index contributed by atoms with van der Waals surface area (Å²) in [6.07, 6.45) is 2.49. The van der Waals surface area contributed by atoms with Crippen LogP contribution in [-0.2, 0) is 13.1 Å². The van der Waals surface area contributed by atoms with Gasteiger partial charge in [0.05, 0.1) is 17.4 Å². The fourth-order valence-electron chi connectivity index (χ4n) is 5.44. The van der Waals surface area contributed by atoms with Gasteiger partial charge in [-0.1, -0.05) is 37.3 Å². The summed E-state index contributed by atoms with van der Waals surface area (Å²) < 4.78 is 5.98. The third kappa shape index (κ3) is 2.80. The van der Waals surface area contributed by atoms with Crippen LogP contribution in [0.2, 0.25) is 0 Å². The number of fused-ring (bicyclic) bond motifs is 7. The first kappa shape index (κ1) is 20.8. The average Bonchev–Trinajstić information content (AvgIpc) is 3.41. The zero-order valence-electron chi connectivity index (χ0n) is 20.1. The SMILES string of the molecule is CCCn1cnc2c(c1=O)c1nc3ccccc3nc1n2-c1ccc2c(c1)c1ccccc1n2CC. The van der Waals surface area contributed by atoms with Gasteiger partial charge in [-0.05, 0) is 49.7 Å². The third-order valence-electron chi connectivity index (χ3n) is 7.03. The second-order valence-electron chi connectivity index (χ2n) is 9.12. The highest BCUT2D eigenvalue weighted by molar-refractivity contribution is 6.10. The Morgan fingerprint density at radius 2 is 1.56 bits per heavy atom. The van der Waals surface area contributed by atoms with Gasteiger partial charge in [-0.25, -0.2) is 15.0 Å². The maximum absolute atomic E-state index is 13.6. The Morgan fingerprint density at radius 3 is 2.36 bits per heavy atom. The number of nitrogens with zero attached hydrogens (tertiary/aromatic N) is 6. The zero-order valence-corrected chi connectivity index (χ0v) is 20.1. The minimum Gasteiger partial charge on any atom is -0.341 e. The van der Waals surface area contributed by atoms with E-state index in [1.807, 2.05) is 28.8 Å². The topological polar surface area (TPSA) is 70.5 Å². The van der Waals surface area contributed by atoms with E-state index in [1.54, 1.807) is 10.9 Å². The van der Waals surface area contributed by atoms with E-state index in [2.05, 4.69) is 60.9 Å². The molecule has 0 atom stereocenters. The van der Waals surface area contributed by atoms with Crippen LogP contribution in [0.15, 0.2) is 77.9 Å². The number of aromatic nitrogens is 6. The van der Waals surface area contributed by atoms with E-state index in [1.165, 1.54) is 16.4 Å². The van der Waals surface area contributed by atoms with Crippen molar-refractivity contribution in [2.75, 3.05) is 0 Å². The van der Waals surface area contributed by atoms with Crippen LogP contribution in [-0.4, -0.2) is 28.7 Å². The number of para-hydroxylation sites is 3. The Labute approximate surface area is 206 Å². The van der Waals surface area contributed by atoms with E-state index in [0.29, 0.717) is 28.7 Å². The molecule has 7 rings (SSSR count). The summed E-state index contributed by atoms with van der Waals surface area (Å²) in [7, 11) is 0. The van der Waals surface area contributed by atoms with Crippen molar-refractivity contribution in [3.05, 3.63) is 83.4 Å². The van der Waals surface area contributed by atoms with Crippen molar-refractivity contribution in [1.29, 1.82) is 0 Å². The molecule has 4 aromatic heterocycles. The van der Waals surface area contributed by atoms with Gasteiger partial charge in [0.2, 0.25) is 0 Å². The summed E-state index contributed by atoms with van der Waals surface area (Å²) in [4.78, 5) is 28.2. The Morgan fingerprint density at radius 1 is 0.806 bits per heavy atom. The van der Waals surface area contributed by atoms with Crippen LogP contribution in [0.5, 0.6) is 0 Å². The Bertz CT molecular complexity index is 2030. The van der Waals surface area contributed by atoms with Crippen LogP contribution in [0.25, 0.3) is 60.7 Å². The van der Waals surface area contributed by atoms with Crippen molar-refractivity contribution < 1.29 is 0 Å². The lowest BCUT2D eigenvalue weighted by molar-refractivity contribution is 0.647. The molecule has 0 radical (unpaired) electrons. The zero-order chi connectivity index (χ0) is 24.4. The fraction of sp³-hybridized carbons (Fsp3) is 0.172. The molecule has 7 heteroatoms. The molecule has 0 saturated carbocycles. The molecular weight excluding hydrogens is 448 g/mol. The third-order valence-corrected chi connectivity index (χ3v) is 7.03. The number of benzene rings is 3. The molecule has 0 aliphatic heterocycles. The van der Waals surface area contributed by atoms with Crippen LogP contribution >= 0.6 is 0 Å². The molecule has 0 amide bonds. The summed E-state index contributed by atoms with van der Waals surface area (Å²) in [6, 6.07) is 22.7. The molecule has 36 heavy (non-hydrogen) atoms. The largest absolute Gasteiger partial charge is 0.341 e. The van der Waals surface area contributed by atoms with Crippen molar-refractivity contribution in [2.45, 2.75) is 33.4 Å². The van der Waals surface area contributed by atoms with Gasteiger partial charge < -0.3 is 4.57 Å². The van der Waals surface area contributed by atoms with E-state index < -0.39 is 0 Å². The maximum Gasteiger partial charge on any atom is 0.265 e. The molecule has 0 saturated heterocycles. The quantitative estimate of drug-likeness (QED) is 0.324. The summed E-state index contributed by atoms with van der Waals surface area (Å²) in [6.45, 7) is 5.71. The molecule has 3 aromatic carbocycles. The molecule has 0 fully saturated rings. The Hall–Kier alpha value is -4.52. The van der Waals surface area contributed by atoms with Gasteiger partial charge in [0.25, 0.3) is 5.56 Å². The summed E-state index contributed by atoms with van der Waals surface area (Å²) in [5, 5.41) is 2.87. The van der Waals surface area contributed by atoms with Gasteiger partial charge in [-0.3, -0.25) is 13.9 Å². The van der Waals surface area contributed by atoms with Gasteiger partial charge >= 0.3 is 0 Å². The van der Waals surface area contributed by atoms with Gasteiger partial charge in [-0.15, -0.1) is 0 Å². The van der Waals surface area contributed by atoms with E-state index >= 15 is 0 Å². The predicted octanol–water partition coefficient (Wildman–Crippen LogP) is 5.82. The molecule has 0 bridgehead atoms. The van der Waals surface area contributed by atoms with Crippen molar-refractivity contribution in [3.8, 4) is 5.69 Å². The molecular formula is C29H24N6O. The van der Waals surface area contributed by atoms with Crippen molar-refractivity contribution in [3.63, 3.8) is 0 Å². The fourth-order valence-corrected chi connectivity index (χ4v) is 5.44. The molecule has 7 nitrogen and oxygen atoms in total. The van der Waals surface area contributed by atoms with Crippen LogP contribution in [0.3, 0.4) is 0 Å². The highest BCUT2D eigenvalue weighted by atomic mass is 16.1. The maximum atomic E-state index is 13.6. The lowest BCUT2D eigenvalue weighted by atomic mass is 10.1. The smallest absolute Gasteiger partial charge is 0.265 e. The molecule has 176 valence electrons. The number of rotatable bonds is 4. The molecule has 0 aliphatic carbocycles. The highest BCUT2D eigenvalue weighted by Crippen LogP contribution is 2.33.